The minimum atomic E-state index is -4.48. The van der Waals surface area contributed by atoms with Crippen LogP contribution in [-0.4, -0.2) is 18.8 Å². The van der Waals surface area contributed by atoms with Crippen molar-refractivity contribution in [3.8, 4) is 0 Å². The number of ether oxygens (including phenoxy) is 1. The lowest BCUT2D eigenvalue weighted by atomic mass is 10.1. The Labute approximate surface area is 67.1 Å². The van der Waals surface area contributed by atoms with Crippen LogP contribution in [0.5, 0.6) is 0 Å². The smallest absolute Gasteiger partial charge is 0.310 e. The quantitative estimate of drug-likeness (QED) is 0.623. The van der Waals surface area contributed by atoms with Gasteiger partial charge in [0.2, 0.25) is 0 Å². The Morgan fingerprint density at radius 3 is 1.75 bits per heavy atom. The van der Waals surface area contributed by atoms with Gasteiger partial charge < -0.3 is 4.74 Å². The van der Waals surface area contributed by atoms with E-state index < -0.39 is 24.7 Å². The zero-order valence-electron chi connectivity index (χ0n) is 6.56. The summed E-state index contributed by atoms with van der Waals surface area (Å²) in [6.07, 6.45) is -6.76. The average molecular weight is 189 g/mol. The molecule has 0 aliphatic rings. The van der Waals surface area contributed by atoms with Crippen molar-refractivity contribution in [1.29, 1.82) is 0 Å². The molecule has 6 heteroatoms. The fourth-order valence-electron chi connectivity index (χ4n) is 0.735. The van der Waals surface area contributed by atoms with E-state index in [0.29, 0.717) is 0 Å². The van der Waals surface area contributed by atoms with Gasteiger partial charge >= 0.3 is 12.7 Å². The molecular formula is C6H9F4O2. The van der Waals surface area contributed by atoms with Gasteiger partial charge in [-0.05, 0) is 5.92 Å². The SMILES string of the molecule is CC(C)C(OC(F)F)C([O])(F)F. The minimum Gasteiger partial charge on any atom is -0.310 e. The van der Waals surface area contributed by atoms with E-state index in [1.165, 1.54) is 13.8 Å². The van der Waals surface area contributed by atoms with E-state index in [1.807, 2.05) is 0 Å². The van der Waals surface area contributed by atoms with Crippen LogP contribution < -0.4 is 0 Å². The Bertz CT molecular complexity index is 132. The highest BCUT2D eigenvalue weighted by Gasteiger charge is 2.43. The molecule has 0 aliphatic heterocycles. The van der Waals surface area contributed by atoms with Crippen molar-refractivity contribution in [2.24, 2.45) is 5.92 Å². The number of hydrogen-bond acceptors (Lipinski definition) is 1. The Morgan fingerprint density at radius 1 is 1.25 bits per heavy atom. The van der Waals surface area contributed by atoms with Crippen LogP contribution in [0.2, 0.25) is 0 Å². The van der Waals surface area contributed by atoms with Crippen molar-refractivity contribution in [2.75, 3.05) is 0 Å². The average Bonchev–Trinajstić information content (AvgIpc) is 1.79. The lowest BCUT2D eigenvalue weighted by Gasteiger charge is -2.23. The Hall–Kier alpha value is -0.360. The molecule has 2 nitrogen and oxygen atoms in total. The van der Waals surface area contributed by atoms with E-state index in [1.54, 1.807) is 0 Å². The minimum absolute atomic E-state index is 0.952. The maximum Gasteiger partial charge on any atom is 0.407 e. The van der Waals surface area contributed by atoms with Gasteiger partial charge in [-0.1, -0.05) is 13.8 Å². The van der Waals surface area contributed by atoms with E-state index in [2.05, 4.69) is 4.74 Å². The number of hydrogen-bond donors (Lipinski definition) is 0. The van der Waals surface area contributed by atoms with Crippen molar-refractivity contribution < 1.29 is 27.4 Å². The van der Waals surface area contributed by atoms with Crippen LogP contribution in [0.15, 0.2) is 0 Å². The molecule has 1 unspecified atom stereocenters. The molecular weight excluding hydrogens is 180 g/mol. The van der Waals surface area contributed by atoms with Crippen molar-refractivity contribution in [2.45, 2.75) is 32.7 Å². The monoisotopic (exact) mass is 189 g/mol. The summed E-state index contributed by atoms with van der Waals surface area (Å²) in [5.74, 6) is -0.952. The van der Waals surface area contributed by atoms with Crippen LogP contribution in [0.1, 0.15) is 13.8 Å². The largest absolute Gasteiger partial charge is 0.407 e. The second kappa shape index (κ2) is 4.04. The molecule has 1 radical (unpaired) electrons. The molecule has 0 aliphatic carbocycles. The van der Waals surface area contributed by atoms with Crippen LogP contribution >= 0.6 is 0 Å². The van der Waals surface area contributed by atoms with Crippen molar-refractivity contribution in [1.82, 2.24) is 0 Å². The van der Waals surface area contributed by atoms with Gasteiger partial charge in [-0.3, -0.25) is 0 Å². The molecule has 1 atom stereocenters. The summed E-state index contributed by atoms with van der Waals surface area (Å²) >= 11 is 0. The fourth-order valence-corrected chi connectivity index (χ4v) is 0.735. The number of halogens is 4. The molecule has 0 aromatic carbocycles. The molecule has 0 saturated heterocycles. The zero-order chi connectivity index (χ0) is 9.94. The zero-order valence-corrected chi connectivity index (χ0v) is 6.56. The van der Waals surface area contributed by atoms with Gasteiger partial charge in [0.1, 0.15) is 0 Å². The van der Waals surface area contributed by atoms with E-state index in [9.17, 15) is 22.7 Å². The Kier molecular flexibility index (Phi) is 3.92. The molecule has 0 rings (SSSR count). The van der Waals surface area contributed by atoms with Crippen LogP contribution in [0, 0.1) is 5.92 Å². The maximum atomic E-state index is 12.0. The normalized spacial score (nSPS) is 15.8. The summed E-state index contributed by atoms with van der Waals surface area (Å²) < 4.78 is 50.4. The van der Waals surface area contributed by atoms with Crippen LogP contribution in [0.25, 0.3) is 0 Å². The van der Waals surface area contributed by atoms with Crippen LogP contribution in [0.3, 0.4) is 0 Å². The van der Waals surface area contributed by atoms with E-state index in [4.69, 9.17) is 0 Å². The lowest BCUT2D eigenvalue weighted by molar-refractivity contribution is -0.340. The molecule has 0 amide bonds. The van der Waals surface area contributed by atoms with Crippen molar-refractivity contribution in [3.05, 3.63) is 0 Å². The topological polar surface area (TPSA) is 29.1 Å². The highest BCUT2D eigenvalue weighted by atomic mass is 19.3. The molecule has 0 bridgehead atoms. The molecule has 0 saturated carbocycles. The molecule has 12 heavy (non-hydrogen) atoms. The third-order valence-corrected chi connectivity index (χ3v) is 1.19. The molecule has 0 aromatic heterocycles. The fraction of sp³-hybridized carbons (Fsp3) is 1.00. The van der Waals surface area contributed by atoms with Crippen molar-refractivity contribution >= 4 is 0 Å². The summed E-state index contributed by atoms with van der Waals surface area (Å²) in [5.41, 5.74) is 0. The highest BCUT2D eigenvalue weighted by molar-refractivity contribution is 4.69. The first kappa shape index (κ1) is 11.6. The van der Waals surface area contributed by atoms with E-state index in [-0.39, 0.29) is 0 Å². The first-order chi connectivity index (χ1) is 5.25. The van der Waals surface area contributed by atoms with Gasteiger partial charge in [-0.25, -0.2) is 0 Å². The first-order valence-corrected chi connectivity index (χ1v) is 3.27. The van der Waals surface area contributed by atoms with Gasteiger partial charge in [0.15, 0.2) is 6.10 Å². The summed E-state index contributed by atoms with van der Waals surface area (Å²) in [6, 6.07) is 0. The second-order valence-corrected chi connectivity index (χ2v) is 2.62. The van der Waals surface area contributed by atoms with Gasteiger partial charge in [0.05, 0.1) is 0 Å². The van der Waals surface area contributed by atoms with Gasteiger partial charge in [0.25, 0.3) is 0 Å². The summed E-state index contributed by atoms with van der Waals surface area (Å²) in [6.45, 7) is -0.935. The lowest BCUT2D eigenvalue weighted by Crippen LogP contribution is -2.39. The standard InChI is InChI=1S/C6H9F4O2/c1-3(2)4(6(9,10)11)12-5(7)8/h3-5H,1-2H3. The maximum absolute atomic E-state index is 12.0. The molecule has 0 aromatic rings. The molecule has 0 N–H and O–H groups in total. The predicted octanol–water partition coefficient (Wildman–Crippen LogP) is 2.27. The summed E-state index contributed by atoms with van der Waals surface area (Å²) in [7, 11) is 0. The molecule has 73 valence electrons. The van der Waals surface area contributed by atoms with Gasteiger partial charge in [-0.15, -0.1) is 0 Å². The summed E-state index contributed by atoms with van der Waals surface area (Å²) in [4.78, 5) is 0. The third-order valence-electron chi connectivity index (χ3n) is 1.19. The second-order valence-electron chi connectivity index (χ2n) is 2.62. The van der Waals surface area contributed by atoms with E-state index >= 15 is 0 Å². The van der Waals surface area contributed by atoms with Crippen LogP contribution in [0.4, 0.5) is 17.6 Å². The van der Waals surface area contributed by atoms with Crippen LogP contribution in [-0.2, 0) is 9.84 Å². The number of rotatable bonds is 4. The molecule has 0 spiro atoms. The summed E-state index contributed by atoms with van der Waals surface area (Å²) in [5, 5.41) is 9.99. The molecule has 0 fully saturated rings. The predicted molar refractivity (Wildman–Crippen MR) is 31.3 cm³/mol. The van der Waals surface area contributed by atoms with Gasteiger partial charge in [0, 0.05) is 0 Å². The van der Waals surface area contributed by atoms with Gasteiger partial charge in [-0.2, -0.15) is 22.7 Å². The van der Waals surface area contributed by atoms with E-state index in [0.717, 1.165) is 0 Å². The molecule has 0 heterocycles. The first-order valence-electron chi connectivity index (χ1n) is 3.27. The highest BCUT2D eigenvalue weighted by Crippen LogP contribution is 2.26. The third kappa shape index (κ3) is 3.87. The Morgan fingerprint density at radius 2 is 1.67 bits per heavy atom. The van der Waals surface area contributed by atoms with Crippen molar-refractivity contribution in [3.63, 3.8) is 0 Å². The Balaban J connectivity index is 4.25. The number of alkyl halides is 4.